The molecule has 0 saturated carbocycles. The van der Waals surface area contributed by atoms with Crippen LogP contribution in [0.25, 0.3) is 16.6 Å². The number of carbonyl (C=O) groups excluding carboxylic acids is 2. The van der Waals surface area contributed by atoms with E-state index < -0.39 is 34.6 Å². The van der Waals surface area contributed by atoms with Crippen molar-refractivity contribution in [2.24, 2.45) is 0 Å². The lowest BCUT2D eigenvalue weighted by atomic mass is 10.0. The molecule has 2 amide bonds. The number of pyridine rings is 1. The van der Waals surface area contributed by atoms with Crippen LogP contribution in [0.4, 0.5) is 8.78 Å². The number of carbonyl (C=O) groups is 2. The standard InChI is InChI=1S/C30H33F2N5O6S/c1-18(35-29(39)30(2,31)32)27(20-7-10-26(42-3)33-15-20)43-24-8-9-25-21(14-24)16-34-37(25)23-6-4-5-19(13-23)28(38)36-22-11-12-44(40,41)17-22/h4-10,13-16,18,22,27,40-41H,11-12,17H2,1-3H3,(H,35,39)(H,36,38)/t18-,22?,27-/m0/s1. The zero-order valence-electron chi connectivity index (χ0n) is 24.2. The highest BCUT2D eigenvalue weighted by atomic mass is 32.3. The van der Waals surface area contributed by atoms with E-state index in [0.29, 0.717) is 52.7 Å². The Morgan fingerprint density at radius 1 is 1.14 bits per heavy atom. The van der Waals surface area contributed by atoms with Crippen molar-refractivity contribution in [2.75, 3.05) is 18.6 Å². The van der Waals surface area contributed by atoms with Crippen LogP contribution in [-0.2, 0) is 4.79 Å². The van der Waals surface area contributed by atoms with E-state index in [4.69, 9.17) is 9.47 Å². The first-order valence-electron chi connectivity index (χ1n) is 13.8. The maximum atomic E-state index is 13.6. The molecule has 1 saturated heterocycles. The molecule has 2 aromatic carbocycles. The van der Waals surface area contributed by atoms with Crippen LogP contribution in [0.1, 0.15) is 42.3 Å². The summed E-state index contributed by atoms with van der Waals surface area (Å²) in [6.45, 7) is 2.09. The van der Waals surface area contributed by atoms with Gasteiger partial charge in [0.25, 0.3) is 11.8 Å². The minimum Gasteiger partial charge on any atom is -0.484 e. The third kappa shape index (κ3) is 7.09. The van der Waals surface area contributed by atoms with Gasteiger partial charge in [0.05, 0.1) is 36.3 Å². The van der Waals surface area contributed by atoms with Crippen LogP contribution in [0.3, 0.4) is 0 Å². The van der Waals surface area contributed by atoms with Crippen molar-refractivity contribution in [1.29, 1.82) is 0 Å². The summed E-state index contributed by atoms with van der Waals surface area (Å²) >= 11 is 0. The van der Waals surface area contributed by atoms with Gasteiger partial charge in [-0.25, -0.2) is 9.67 Å². The fourth-order valence-corrected chi connectivity index (χ4v) is 6.69. The summed E-state index contributed by atoms with van der Waals surface area (Å²) in [5.74, 6) is -4.12. The van der Waals surface area contributed by atoms with Gasteiger partial charge < -0.3 is 20.1 Å². The highest BCUT2D eigenvalue weighted by Crippen LogP contribution is 2.45. The van der Waals surface area contributed by atoms with Gasteiger partial charge in [-0.1, -0.05) is 6.07 Å². The molecule has 3 heterocycles. The number of halogens is 2. The largest absolute Gasteiger partial charge is 0.484 e. The monoisotopic (exact) mass is 629 g/mol. The first-order valence-corrected chi connectivity index (χ1v) is 15.7. The van der Waals surface area contributed by atoms with Gasteiger partial charge in [-0.2, -0.15) is 24.5 Å². The van der Waals surface area contributed by atoms with Crippen LogP contribution in [0.15, 0.2) is 67.0 Å². The molecule has 1 aliphatic heterocycles. The topological polar surface area (TPSA) is 148 Å². The molecule has 0 aliphatic carbocycles. The number of ether oxygens (including phenoxy) is 2. The van der Waals surface area contributed by atoms with E-state index >= 15 is 0 Å². The SMILES string of the molecule is COc1ccc([C@@H](Oc2ccc3c(cnn3-c3cccc(C(=O)NC4CCS(O)(O)C4)c3)c2)[C@H](C)NC(=O)C(C)(F)F)cn1. The maximum Gasteiger partial charge on any atom is 0.321 e. The van der Waals surface area contributed by atoms with Crippen molar-refractivity contribution in [3.8, 4) is 17.3 Å². The van der Waals surface area contributed by atoms with Gasteiger partial charge in [0.1, 0.15) is 11.9 Å². The van der Waals surface area contributed by atoms with Crippen LogP contribution in [0.2, 0.25) is 0 Å². The molecule has 5 rings (SSSR count). The molecular formula is C30H33F2N5O6S. The number of amides is 2. The minimum absolute atomic E-state index is 0.151. The molecule has 44 heavy (non-hydrogen) atoms. The Kier molecular flexibility index (Phi) is 8.77. The molecule has 0 bridgehead atoms. The summed E-state index contributed by atoms with van der Waals surface area (Å²) in [5.41, 5.74) is 2.29. The van der Waals surface area contributed by atoms with Gasteiger partial charge in [0.15, 0.2) is 0 Å². The van der Waals surface area contributed by atoms with Crippen LogP contribution < -0.4 is 20.1 Å². The lowest BCUT2D eigenvalue weighted by Crippen LogP contribution is -2.46. The number of fused-ring (bicyclic) bond motifs is 1. The van der Waals surface area contributed by atoms with Gasteiger partial charge in [-0.3, -0.25) is 18.7 Å². The molecule has 3 atom stereocenters. The van der Waals surface area contributed by atoms with Crippen molar-refractivity contribution in [3.63, 3.8) is 0 Å². The Morgan fingerprint density at radius 3 is 2.59 bits per heavy atom. The molecular weight excluding hydrogens is 596 g/mol. The van der Waals surface area contributed by atoms with Gasteiger partial charge in [-0.05, 0) is 55.8 Å². The zero-order valence-corrected chi connectivity index (χ0v) is 25.1. The van der Waals surface area contributed by atoms with Crippen LogP contribution in [-0.4, -0.2) is 72.3 Å². The number of nitrogens with zero attached hydrogens (tertiary/aromatic N) is 3. The smallest absolute Gasteiger partial charge is 0.321 e. The molecule has 234 valence electrons. The third-order valence-corrected chi connectivity index (χ3v) is 9.09. The van der Waals surface area contributed by atoms with Gasteiger partial charge in [0, 0.05) is 47.5 Å². The molecule has 2 aromatic heterocycles. The van der Waals surface area contributed by atoms with Crippen molar-refractivity contribution >= 4 is 33.3 Å². The molecule has 4 aromatic rings. The summed E-state index contributed by atoms with van der Waals surface area (Å²) < 4.78 is 60.0. The Morgan fingerprint density at radius 2 is 1.93 bits per heavy atom. The summed E-state index contributed by atoms with van der Waals surface area (Å²) in [7, 11) is -1.16. The normalized spacial score (nSPS) is 18.3. The first kappa shape index (κ1) is 31.2. The van der Waals surface area contributed by atoms with E-state index in [1.807, 2.05) is 0 Å². The Labute approximate surface area is 253 Å². The lowest BCUT2D eigenvalue weighted by molar-refractivity contribution is -0.144. The average Bonchev–Trinajstić information content (AvgIpc) is 3.57. The van der Waals surface area contributed by atoms with Crippen molar-refractivity contribution in [1.82, 2.24) is 25.4 Å². The Balaban J connectivity index is 1.37. The number of aromatic nitrogens is 3. The average molecular weight is 630 g/mol. The molecule has 4 N–H and O–H groups in total. The molecule has 0 radical (unpaired) electrons. The fraction of sp³-hybridized carbons (Fsp3) is 0.333. The van der Waals surface area contributed by atoms with Gasteiger partial charge >= 0.3 is 5.92 Å². The molecule has 1 aliphatic rings. The van der Waals surface area contributed by atoms with Crippen molar-refractivity contribution < 1.29 is 36.9 Å². The number of hydrogen-bond donors (Lipinski definition) is 4. The highest BCUT2D eigenvalue weighted by Gasteiger charge is 2.35. The third-order valence-electron chi connectivity index (χ3n) is 7.26. The predicted octanol–water partition coefficient (Wildman–Crippen LogP) is 4.96. The number of benzene rings is 2. The predicted molar refractivity (Wildman–Crippen MR) is 162 cm³/mol. The summed E-state index contributed by atoms with van der Waals surface area (Å²) in [5, 5.41) is 10.4. The summed E-state index contributed by atoms with van der Waals surface area (Å²) in [4.78, 5) is 29.1. The van der Waals surface area contributed by atoms with Gasteiger partial charge in [0.2, 0.25) is 5.88 Å². The highest BCUT2D eigenvalue weighted by molar-refractivity contribution is 8.24. The molecule has 14 heteroatoms. The van der Waals surface area contributed by atoms with E-state index in [9.17, 15) is 27.5 Å². The van der Waals surface area contributed by atoms with Crippen LogP contribution in [0.5, 0.6) is 11.6 Å². The van der Waals surface area contributed by atoms with E-state index in [-0.39, 0.29) is 23.5 Å². The molecule has 0 spiro atoms. The Hall–Kier alpha value is -4.27. The van der Waals surface area contributed by atoms with Crippen molar-refractivity contribution in [3.05, 3.63) is 78.1 Å². The zero-order chi connectivity index (χ0) is 31.6. The number of rotatable bonds is 10. The quantitative estimate of drug-likeness (QED) is 0.192. The number of alkyl halides is 2. The Bertz CT molecular complexity index is 1660. The van der Waals surface area contributed by atoms with Crippen LogP contribution >= 0.6 is 10.6 Å². The van der Waals surface area contributed by atoms with E-state index in [1.54, 1.807) is 72.4 Å². The maximum absolute atomic E-state index is 13.6. The second-order valence-electron chi connectivity index (χ2n) is 10.8. The fourth-order valence-electron chi connectivity index (χ4n) is 4.97. The van der Waals surface area contributed by atoms with E-state index in [2.05, 4.69) is 20.7 Å². The number of hydrogen-bond acceptors (Lipinski definition) is 8. The molecule has 1 fully saturated rings. The minimum atomic E-state index is -3.56. The van der Waals surface area contributed by atoms with Crippen molar-refractivity contribution in [2.45, 2.75) is 44.4 Å². The van der Waals surface area contributed by atoms with E-state index in [1.165, 1.54) is 13.3 Å². The second-order valence-corrected chi connectivity index (χ2v) is 13.1. The second kappa shape index (κ2) is 12.4. The summed E-state index contributed by atoms with van der Waals surface area (Å²) in [6, 6.07) is 14.3. The lowest BCUT2D eigenvalue weighted by Gasteiger charge is -2.27. The molecule has 1 unspecified atom stereocenters. The number of methoxy groups -OCH3 is 1. The van der Waals surface area contributed by atoms with Crippen LogP contribution in [0, 0.1) is 0 Å². The van der Waals surface area contributed by atoms with Gasteiger partial charge in [-0.15, -0.1) is 0 Å². The first-order chi connectivity index (χ1) is 20.8. The summed E-state index contributed by atoms with van der Waals surface area (Å²) in [6.07, 6.45) is 2.76. The van der Waals surface area contributed by atoms with E-state index in [0.717, 1.165) is 0 Å². The number of nitrogens with one attached hydrogen (secondary N) is 2. The molecule has 11 nitrogen and oxygen atoms in total.